The number of aromatic nitrogens is 4. The van der Waals surface area contributed by atoms with E-state index in [0.717, 1.165) is 50.2 Å². The van der Waals surface area contributed by atoms with Gasteiger partial charge in [0, 0.05) is 23.4 Å². The van der Waals surface area contributed by atoms with Crippen LogP contribution in [0.5, 0.6) is 0 Å². The van der Waals surface area contributed by atoms with E-state index in [2.05, 4.69) is 20.4 Å². The number of carbonyl (C=O) groups is 1. The number of thiazole rings is 1. The van der Waals surface area contributed by atoms with Gasteiger partial charge in [-0.1, -0.05) is 43.9 Å². The lowest BCUT2D eigenvalue weighted by Gasteiger charge is -2.12. The zero-order valence-electron chi connectivity index (χ0n) is 17.5. The summed E-state index contributed by atoms with van der Waals surface area (Å²) in [5, 5.41) is 8.19. The topological polar surface area (TPSA) is 89.3 Å². The Kier molecular flexibility index (Phi) is 6.68. The molecule has 4 rings (SSSR count). The van der Waals surface area contributed by atoms with Gasteiger partial charge in [0.15, 0.2) is 4.34 Å². The molecule has 1 aromatic carbocycles. The van der Waals surface area contributed by atoms with Crippen LogP contribution in [0.2, 0.25) is 0 Å². The van der Waals surface area contributed by atoms with Crippen molar-refractivity contribution in [3.05, 3.63) is 45.3 Å². The Hall–Kier alpha value is -2.30. The number of aryl methyl sites for hydroxylation is 1. The van der Waals surface area contributed by atoms with Gasteiger partial charge in [0.25, 0.3) is 5.56 Å². The molecular formula is C21H23N5O2S3. The Labute approximate surface area is 191 Å². The third-order valence-corrected chi connectivity index (χ3v) is 8.23. The Morgan fingerprint density at radius 3 is 2.71 bits per heavy atom. The van der Waals surface area contributed by atoms with Gasteiger partial charge >= 0.3 is 0 Å². The highest BCUT2D eigenvalue weighted by Gasteiger charge is 2.15. The molecule has 1 N–H and O–H groups in total. The summed E-state index contributed by atoms with van der Waals surface area (Å²) in [5.74, 6) is 0.651. The van der Waals surface area contributed by atoms with E-state index in [9.17, 15) is 9.59 Å². The molecule has 3 heterocycles. The Morgan fingerprint density at radius 2 is 1.97 bits per heavy atom. The van der Waals surface area contributed by atoms with Crippen molar-refractivity contribution < 1.29 is 4.79 Å². The SMILES string of the molecule is CCc1nn2c(=O)cc(CSc3nc4ccc(NC(=O)C(CC)CC)cc4s3)nc2s1. The van der Waals surface area contributed by atoms with Gasteiger partial charge in [0.1, 0.15) is 5.01 Å². The lowest BCUT2D eigenvalue weighted by molar-refractivity contribution is -0.120. The average molecular weight is 474 g/mol. The van der Waals surface area contributed by atoms with Gasteiger partial charge in [-0.25, -0.2) is 9.97 Å². The number of anilines is 1. The first-order valence-corrected chi connectivity index (χ1v) is 12.9. The normalized spacial score (nSPS) is 11.6. The number of hydrogen-bond acceptors (Lipinski definition) is 8. The highest BCUT2D eigenvalue weighted by atomic mass is 32.2. The molecule has 3 aromatic heterocycles. The van der Waals surface area contributed by atoms with E-state index in [1.165, 1.54) is 21.9 Å². The molecule has 0 aliphatic carbocycles. The predicted molar refractivity (Wildman–Crippen MR) is 128 cm³/mol. The molecule has 0 saturated carbocycles. The first-order valence-electron chi connectivity index (χ1n) is 10.2. The molecule has 162 valence electrons. The standard InChI is InChI=1S/C21H23N5O2S3/c1-4-12(5-2)19(28)22-13-7-8-15-16(9-13)30-21(24-15)29-11-14-10-18(27)26-20(23-14)31-17(6-3)25-26/h7-10,12H,4-6,11H2,1-3H3,(H,22,28). The average Bonchev–Trinajstić information content (AvgIpc) is 3.36. The lowest BCUT2D eigenvalue weighted by Crippen LogP contribution is -2.21. The molecule has 0 unspecified atom stereocenters. The minimum atomic E-state index is -0.154. The molecule has 0 fully saturated rings. The van der Waals surface area contributed by atoms with Gasteiger partial charge in [-0.3, -0.25) is 9.59 Å². The molecular weight excluding hydrogens is 450 g/mol. The molecule has 4 aromatic rings. The number of carbonyl (C=O) groups excluding carboxylic acids is 1. The van der Waals surface area contributed by atoms with E-state index in [1.807, 2.05) is 39.0 Å². The summed E-state index contributed by atoms with van der Waals surface area (Å²) in [5.41, 5.74) is 2.26. The number of fused-ring (bicyclic) bond motifs is 2. The summed E-state index contributed by atoms with van der Waals surface area (Å²) >= 11 is 4.57. The maximum absolute atomic E-state index is 12.4. The highest BCUT2D eigenvalue weighted by molar-refractivity contribution is 8.00. The van der Waals surface area contributed by atoms with Gasteiger partial charge in [0.05, 0.1) is 15.9 Å². The van der Waals surface area contributed by atoms with Gasteiger partial charge in [-0.15, -0.1) is 11.3 Å². The zero-order chi connectivity index (χ0) is 22.0. The molecule has 0 atom stereocenters. The van der Waals surface area contributed by atoms with Crippen LogP contribution in [0.3, 0.4) is 0 Å². The van der Waals surface area contributed by atoms with Crippen LogP contribution in [-0.2, 0) is 17.0 Å². The number of thioether (sulfide) groups is 1. The molecule has 10 heteroatoms. The van der Waals surface area contributed by atoms with Crippen molar-refractivity contribution in [2.75, 3.05) is 5.32 Å². The third kappa shape index (κ3) is 4.81. The van der Waals surface area contributed by atoms with E-state index in [1.54, 1.807) is 23.1 Å². The van der Waals surface area contributed by atoms with Crippen LogP contribution in [0.15, 0.2) is 33.4 Å². The van der Waals surface area contributed by atoms with E-state index in [-0.39, 0.29) is 17.4 Å². The quantitative estimate of drug-likeness (QED) is 0.363. The largest absolute Gasteiger partial charge is 0.326 e. The van der Waals surface area contributed by atoms with Gasteiger partial charge in [0.2, 0.25) is 10.9 Å². The van der Waals surface area contributed by atoms with Crippen molar-refractivity contribution in [3.8, 4) is 0 Å². The second-order valence-corrected chi connectivity index (χ2v) is 10.4. The minimum Gasteiger partial charge on any atom is -0.326 e. The number of nitrogens with zero attached hydrogens (tertiary/aromatic N) is 4. The molecule has 1 amide bonds. The Balaban J connectivity index is 1.48. The smallest absolute Gasteiger partial charge is 0.275 e. The second kappa shape index (κ2) is 9.46. The zero-order valence-corrected chi connectivity index (χ0v) is 20.0. The summed E-state index contributed by atoms with van der Waals surface area (Å²) < 4.78 is 3.29. The van der Waals surface area contributed by atoms with Crippen LogP contribution < -0.4 is 10.9 Å². The monoisotopic (exact) mass is 473 g/mol. The summed E-state index contributed by atoms with van der Waals surface area (Å²) in [6, 6.07) is 7.33. The van der Waals surface area contributed by atoms with E-state index >= 15 is 0 Å². The predicted octanol–water partition coefficient (Wildman–Crippen LogP) is 4.99. The molecule has 0 bridgehead atoms. The molecule has 0 spiro atoms. The number of nitrogens with one attached hydrogen (secondary N) is 1. The number of benzene rings is 1. The second-order valence-electron chi connectivity index (χ2n) is 7.08. The minimum absolute atomic E-state index is 0.0316. The van der Waals surface area contributed by atoms with Crippen LogP contribution in [0, 0.1) is 5.92 Å². The molecule has 31 heavy (non-hydrogen) atoms. The van der Waals surface area contributed by atoms with E-state index < -0.39 is 0 Å². The van der Waals surface area contributed by atoms with Crippen LogP contribution in [-0.4, -0.2) is 25.5 Å². The van der Waals surface area contributed by atoms with Crippen LogP contribution in [0.25, 0.3) is 15.2 Å². The summed E-state index contributed by atoms with van der Waals surface area (Å²) in [4.78, 5) is 34.5. The summed E-state index contributed by atoms with van der Waals surface area (Å²) in [6.07, 6.45) is 2.44. The molecule has 0 aliphatic rings. The van der Waals surface area contributed by atoms with Gasteiger partial charge in [-0.2, -0.15) is 9.61 Å². The molecule has 7 nitrogen and oxygen atoms in total. The highest BCUT2D eigenvalue weighted by Crippen LogP contribution is 2.33. The van der Waals surface area contributed by atoms with E-state index in [0.29, 0.717) is 10.7 Å². The van der Waals surface area contributed by atoms with Crippen molar-refractivity contribution in [3.63, 3.8) is 0 Å². The fraction of sp³-hybridized carbons (Fsp3) is 0.381. The third-order valence-electron chi connectivity index (χ3n) is 4.98. The molecule has 0 saturated heterocycles. The number of amides is 1. The van der Waals surface area contributed by atoms with Crippen LogP contribution in [0.1, 0.15) is 44.3 Å². The first kappa shape index (κ1) is 21.9. The number of rotatable bonds is 8. The van der Waals surface area contributed by atoms with Crippen molar-refractivity contribution in [1.82, 2.24) is 19.6 Å². The Morgan fingerprint density at radius 1 is 1.16 bits per heavy atom. The summed E-state index contributed by atoms with van der Waals surface area (Å²) in [7, 11) is 0. The Bertz CT molecular complexity index is 1290. The molecule has 0 aliphatic heterocycles. The maximum atomic E-state index is 12.4. The maximum Gasteiger partial charge on any atom is 0.275 e. The lowest BCUT2D eigenvalue weighted by atomic mass is 10.0. The first-order chi connectivity index (χ1) is 15.0. The van der Waals surface area contributed by atoms with Gasteiger partial charge < -0.3 is 5.32 Å². The van der Waals surface area contributed by atoms with Crippen molar-refractivity contribution >= 4 is 61.2 Å². The number of hydrogen-bond donors (Lipinski definition) is 1. The van der Waals surface area contributed by atoms with Crippen molar-refractivity contribution in [2.45, 2.75) is 50.1 Å². The van der Waals surface area contributed by atoms with Crippen LogP contribution >= 0.6 is 34.4 Å². The summed E-state index contributed by atoms with van der Waals surface area (Å²) in [6.45, 7) is 6.07. The fourth-order valence-electron chi connectivity index (χ4n) is 3.20. The van der Waals surface area contributed by atoms with Crippen molar-refractivity contribution in [2.24, 2.45) is 5.92 Å². The van der Waals surface area contributed by atoms with Gasteiger partial charge in [-0.05, 0) is 37.5 Å². The van der Waals surface area contributed by atoms with Crippen LogP contribution in [0.4, 0.5) is 5.69 Å². The molecule has 0 radical (unpaired) electrons. The van der Waals surface area contributed by atoms with E-state index in [4.69, 9.17) is 0 Å². The van der Waals surface area contributed by atoms with Crippen molar-refractivity contribution in [1.29, 1.82) is 0 Å². The fourth-order valence-corrected chi connectivity index (χ4v) is 6.05.